The Bertz CT molecular complexity index is 422. The largest absolute Gasteiger partial charge is 0.507 e. The summed E-state index contributed by atoms with van der Waals surface area (Å²) < 4.78 is 0.833. The van der Waals surface area contributed by atoms with Gasteiger partial charge in [0.2, 0.25) is 0 Å². The predicted octanol–water partition coefficient (Wildman–Crippen LogP) is 2.68. The first kappa shape index (κ1) is 9.67. The average molecular weight is 268 g/mol. The molecule has 2 saturated carbocycles. The van der Waals surface area contributed by atoms with Crippen molar-refractivity contribution in [2.45, 2.75) is 36.6 Å². The van der Waals surface area contributed by atoms with Crippen molar-refractivity contribution in [1.29, 1.82) is 0 Å². The van der Waals surface area contributed by atoms with Gasteiger partial charge in [-0.25, -0.2) is 0 Å². The standard InChI is InChI=1S/C12H14BrNO/c13-10-8(2-1-3-9(10)15)11(4-5-11)12(14)6-7-12/h1-3,15H,4-7,14H2. The smallest absolute Gasteiger partial charge is 0.130 e. The maximum atomic E-state index is 9.69. The molecule has 1 aromatic rings. The van der Waals surface area contributed by atoms with Crippen molar-refractivity contribution >= 4 is 15.9 Å². The number of hydrogen-bond acceptors (Lipinski definition) is 2. The zero-order valence-corrected chi connectivity index (χ0v) is 10.0. The van der Waals surface area contributed by atoms with Crippen LogP contribution in [0.25, 0.3) is 0 Å². The molecule has 2 fully saturated rings. The minimum atomic E-state index is 0.00329. The molecule has 0 unspecified atom stereocenters. The van der Waals surface area contributed by atoms with Crippen molar-refractivity contribution in [2.75, 3.05) is 0 Å². The number of aromatic hydroxyl groups is 1. The molecular formula is C12H14BrNO. The fraction of sp³-hybridized carbons (Fsp3) is 0.500. The third-order valence-corrected chi connectivity index (χ3v) is 4.82. The van der Waals surface area contributed by atoms with Crippen LogP contribution in [0.5, 0.6) is 5.75 Å². The molecule has 0 saturated heterocycles. The first-order valence-electron chi connectivity index (χ1n) is 5.36. The van der Waals surface area contributed by atoms with Crippen LogP contribution in [0, 0.1) is 0 Å². The number of rotatable bonds is 2. The lowest BCUT2D eigenvalue weighted by Crippen LogP contribution is -2.37. The molecule has 0 aliphatic heterocycles. The summed E-state index contributed by atoms with van der Waals surface area (Å²) in [5, 5.41) is 9.69. The molecule has 0 radical (unpaired) electrons. The van der Waals surface area contributed by atoms with Crippen LogP contribution in [0.3, 0.4) is 0 Å². The van der Waals surface area contributed by atoms with E-state index in [1.165, 1.54) is 5.56 Å². The van der Waals surface area contributed by atoms with Crippen molar-refractivity contribution in [3.63, 3.8) is 0 Å². The molecule has 0 spiro atoms. The molecular weight excluding hydrogens is 254 g/mol. The van der Waals surface area contributed by atoms with Gasteiger partial charge in [0.05, 0.1) is 4.47 Å². The van der Waals surface area contributed by atoms with Crippen LogP contribution in [-0.4, -0.2) is 10.6 Å². The lowest BCUT2D eigenvalue weighted by molar-refractivity contribution is 0.461. The Morgan fingerprint density at radius 3 is 2.40 bits per heavy atom. The highest BCUT2D eigenvalue weighted by molar-refractivity contribution is 9.10. The Morgan fingerprint density at radius 1 is 1.20 bits per heavy atom. The lowest BCUT2D eigenvalue weighted by atomic mass is 9.86. The Hall–Kier alpha value is -0.540. The number of nitrogens with two attached hydrogens (primary N) is 1. The number of hydrogen-bond donors (Lipinski definition) is 2. The minimum Gasteiger partial charge on any atom is -0.507 e. The monoisotopic (exact) mass is 267 g/mol. The number of halogens is 1. The Balaban J connectivity index is 2.10. The average Bonchev–Trinajstić information content (AvgIpc) is 3.06. The second-order valence-corrected chi connectivity index (χ2v) is 5.67. The van der Waals surface area contributed by atoms with E-state index in [4.69, 9.17) is 5.73 Å². The molecule has 3 N–H and O–H groups in total. The Kier molecular flexibility index (Phi) is 1.79. The molecule has 0 amide bonds. The van der Waals surface area contributed by atoms with Crippen LogP contribution in [0.2, 0.25) is 0 Å². The lowest BCUT2D eigenvalue weighted by Gasteiger charge is -2.24. The third kappa shape index (κ3) is 1.20. The first-order valence-corrected chi connectivity index (χ1v) is 6.15. The van der Waals surface area contributed by atoms with E-state index in [9.17, 15) is 5.11 Å². The Labute approximate surface area is 97.6 Å². The third-order valence-electron chi connectivity index (χ3n) is 3.99. The summed E-state index contributed by atoms with van der Waals surface area (Å²) in [4.78, 5) is 0. The summed E-state index contributed by atoms with van der Waals surface area (Å²) in [6.45, 7) is 0. The Morgan fingerprint density at radius 2 is 1.87 bits per heavy atom. The minimum absolute atomic E-state index is 0.00329. The zero-order chi connectivity index (χ0) is 10.7. The van der Waals surface area contributed by atoms with Gasteiger partial charge >= 0.3 is 0 Å². The molecule has 2 aliphatic rings. The maximum absolute atomic E-state index is 9.69. The SMILES string of the molecule is NC1(C2(c3cccc(O)c3Br)CC2)CC1. The van der Waals surface area contributed by atoms with E-state index in [2.05, 4.69) is 22.0 Å². The fourth-order valence-electron chi connectivity index (χ4n) is 2.66. The number of phenols is 1. The van der Waals surface area contributed by atoms with E-state index in [1.54, 1.807) is 6.07 Å². The molecule has 3 heteroatoms. The summed E-state index contributed by atoms with van der Waals surface area (Å²) in [7, 11) is 0. The topological polar surface area (TPSA) is 46.2 Å². The highest BCUT2D eigenvalue weighted by Gasteiger charge is 2.64. The van der Waals surface area contributed by atoms with Crippen LogP contribution >= 0.6 is 15.9 Å². The van der Waals surface area contributed by atoms with E-state index in [-0.39, 0.29) is 11.0 Å². The summed E-state index contributed by atoms with van der Waals surface area (Å²) in [5.41, 5.74) is 7.68. The van der Waals surface area contributed by atoms with Crippen molar-refractivity contribution in [2.24, 2.45) is 5.73 Å². The molecule has 0 heterocycles. The van der Waals surface area contributed by atoms with E-state index < -0.39 is 0 Å². The molecule has 0 bridgehead atoms. The highest BCUT2D eigenvalue weighted by Crippen LogP contribution is 2.65. The molecule has 0 atom stereocenters. The zero-order valence-electron chi connectivity index (χ0n) is 8.46. The van der Waals surface area contributed by atoms with Crippen molar-refractivity contribution in [3.05, 3.63) is 28.2 Å². The van der Waals surface area contributed by atoms with Crippen molar-refractivity contribution in [1.82, 2.24) is 0 Å². The van der Waals surface area contributed by atoms with Gasteiger partial charge in [0.25, 0.3) is 0 Å². The molecule has 80 valence electrons. The van der Waals surface area contributed by atoms with Gasteiger partial charge in [-0.3, -0.25) is 0 Å². The molecule has 2 nitrogen and oxygen atoms in total. The van der Waals surface area contributed by atoms with Crippen LogP contribution in [0.1, 0.15) is 31.2 Å². The normalized spacial score (nSPS) is 24.9. The summed E-state index contributed by atoms with van der Waals surface area (Å²) in [5.74, 6) is 0.322. The molecule has 15 heavy (non-hydrogen) atoms. The van der Waals surface area contributed by atoms with Gasteiger partial charge in [-0.2, -0.15) is 0 Å². The quantitative estimate of drug-likeness (QED) is 0.866. The molecule has 3 rings (SSSR count). The van der Waals surface area contributed by atoms with E-state index in [0.29, 0.717) is 5.75 Å². The number of benzene rings is 1. The molecule has 1 aromatic carbocycles. The van der Waals surface area contributed by atoms with E-state index in [1.807, 2.05) is 6.07 Å². The first-order chi connectivity index (χ1) is 7.09. The van der Waals surface area contributed by atoms with E-state index in [0.717, 1.165) is 30.2 Å². The molecule has 0 aromatic heterocycles. The highest BCUT2D eigenvalue weighted by atomic mass is 79.9. The van der Waals surface area contributed by atoms with Crippen LogP contribution < -0.4 is 5.73 Å². The predicted molar refractivity (Wildman–Crippen MR) is 62.9 cm³/mol. The van der Waals surface area contributed by atoms with Gasteiger partial charge in [0.1, 0.15) is 5.75 Å². The van der Waals surface area contributed by atoms with Crippen molar-refractivity contribution < 1.29 is 5.11 Å². The van der Waals surface area contributed by atoms with Gasteiger partial charge < -0.3 is 10.8 Å². The van der Waals surface area contributed by atoms with E-state index >= 15 is 0 Å². The van der Waals surface area contributed by atoms with Gasteiger partial charge in [-0.1, -0.05) is 12.1 Å². The van der Waals surface area contributed by atoms with Gasteiger partial charge in [-0.15, -0.1) is 0 Å². The summed E-state index contributed by atoms with van der Waals surface area (Å²) in [6, 6.07) is 5.70. The summed E-state index contributed by atoms with van der Waals surface area (Å²) >= 11 is 3.47. The van der Waals surface area contributed by atoms with Gasteiger partial charge in [0, 0.05) is 11.0 Å². The van der Waals surface area contributed by atoms with Gasteiger partial charge in [0.15, 0.2) is 0 Å². The van der Waals surface area contributed by atoms with Crippen LogP contribution in [0.4, 0.5) is 0 Å². The second kappa shape index (κ2) is 2.77. The molecule has 2 aliphatic carbocycles. The summed E-state index contributed by atoms with van der Waals surface area (Å²) in [6.07, 6.45) is 4.56. The van der Waals surface area contributed by atoms with Crippen LogP contribution in [-0.2, 0) is 5.41 Å². The fourth-order valence-corrected chi connectivity index (χ4v) is 3.31. The van der Waals surface area contributed by atoms with Crippen LogP contribution in [0.15, 0.2) is 22.7 Å². The van der Waals surface area contributed by atoms with Gasteiger partial charge in [-0.05, 0) is 53.2 Å². The second-order valence-electron chi connectivity index (χ2n) is 4.88. The maximum Gasteiger partial charge on any atom is 0.130 e. The number of phenolic OH excluding ortho intramolecular Hbond substituents is 1. The van der Waals surface area contributed by atoms with Crippen molar-refractivity contribution in [3.8, 4) is 5.75 Å².